The monoisotopic (exact) mass is 359 g/mol. The van der Waals surface area contributed by atoms with Gasteiger partial charge in [-0.05, 0) is 49.8 Å². The third-order valence-electron chi connectivity index (χ3n) is 6.09. The number of benzene rings is 1. The molecule has 1 atom stereocenters. The molecule has 140 valence electrons. The fraction of sp³-hybridized carbons (Fsp3) is 0.600. The van der Waals surface area contributed by atoms with Gasteiger partial charge < -0.3 is 14.7 Å². The van der Waals surface area contributed by atoms with E-state index < -0.39 is 5.41 Å². The van der Waals surface area contributed by atoms with Crippen LogP contribution in [0.5, 0.6) is 0 Å². The molecule has 26 heavy (non-hydrogen) atoms. The molecule has 4 rings (SSSR count). The zero-order chi connectivity index (χ0) is 18.1. The number of carbonyl (C=O) groups is 2. The summed E-state index contributed by atoms with van der Waals surface area (Å²) in [5.41, 5.74) is 0.372. The van der Waals surface area contributed by atoms with Crippen LogP contribution in [-0.2, 0) is 11.3 Å². The largest absolute Gasteiger partial charge is 0.338 e. The Morgan fingerprint density at radius 2 is 1.81 bits per heavy atom. The summed E-state index contributed by atoms with van der Waals surface area (Å²) in [6.45, 7) is 4.07. The van der Waals surface area contributed by atoms with E-state index in [1.165, 1.54) is 12.1 Å². The number of urea groups is 1. The van der Waals surface area contributed by atoms with Crippen molar-refractivity contribution in [2.45, 2.75) is 38.6 Å². The molecule has 1 spiro atoms. The quantitative estimate of drug-likeness (QED) is 0.815. The van der Waals surface area contributed by atoms with E-state index in [2.05, 4.69) is 0 Å². The van der Waals surface area contributed by atoms with Gasteiger partial charge in [0.2, 0.25) is 5.91 Å². The van der Waals surface area contributed by atoms with Crippen LogP contribution in [0.1, 0.15) is 37.7 Å². The third kappa shape index (κ3) is 3.17. The number of likely N-dealkylation sites (tertiary alicyclic amines) is 3. The predicted molar refractivity (Wildman–Crippen MR) is 95.9 cm³/mol. The minimum absolute atomic E-state index is 0.0953. The van der Waals surface area contributed by atoms with Gasteiger partial charge in [0, 0.05) is 39.3 Å². The highest BCUT2D eigenvalue weighted by Crippen LogP contribution is 2.41. The molecule has 3 aliphatic rings. The van der Waals surface area contributed by atoms with Crippen LogP contribution in [0.2, 0.25) is 0 Å². The van der Waals surface area contributed by atoms with Crippen molar-refractivity contribution < 1.29 is 14.0 Å². The van der Waals surface area contributed by atoms with Crippen molar-refractivity contribution >= 4 is 11.9 Å². The lowest BCUT2D eigenvalue weighted by atomic mass is 9.78. The average Bonchev–Trinajstić information content (AvgIpc) is 3.27. The fourth-order valence-corrected chi connectivity index (χ4v) is 4.68. The molecule has 1 aromatic rings. The number of halogens is 1. The molecule has 3 fully saturated rings. The summed E-state index contributed by atoms with van der Waals surface area (Å²) < 4.78 is 13.4. The number of amides is 3. The zero-order valence-electron chi connectivity index (χ0n) is 15.1. The topological polar surface area (TPSA) is 43.9 Å². The van der Waals surface area contributed by atoms with E-state index in [1.807, 2.05) is 20.8 Å². The molecule has 5 nitrogen and oxygen atoms in total. The summed E-state index contributed by atoms with van der Waals surface area (Å²) in [7, 11) is 0. The van der Waals surface area contributed by atoms with Gasteiger partial charge in [-0.1, -0.05) is 12.1 Å². The molecule has 1 aromatic carbocycles. The van der Waals surface area contributed by atoms with E-state index in [0.29, 0.717) is 19.6 Å². The molecule has 3 saturated heterocycles. The van der Waals surface area contributed by atoms with Gasteiger partial charge in [-0.3, -0.25) is 4.79 Å². The van der Waals surface area contributed by atoms with Crippen molar-refractivity contribution in [3.63, 3.8) is 0 Å². The molecule has 0 saturated carbocycles. The Labute approximate surface area is 153 Å². The number of piperidine rings is 1. The van der Waals surface area contributed by atoms with E-state index >= 15 is 0 Å². The lowest BCUT2D eigenvalue weighted by Crippen LogP contribution is -2.52. The van der Waals surface area contributed by atoms with Gasteiger partial charge in [-0.15, -0.1) is 0 Å². The van der Waals surface area contributed by atoms with Crippen LogP contribution in [0.25, 0.3) is 0 Å². The standard InChI is InChI=1S/C20H26FN3O2/c21-17-6-3-5-16(13-17)14-23-12-8-20(18(23)25)7-4-11-24(15-20)19(26)22-9-1-2-10-22/h3,5-6,13H,1-2,4,7-12,14-15H2/t20-/m0/s1. The van der Waals surface area contributed by atoms with Crippen molar-refractivity contribution in [3.8, 4) is 0 Å². The molecule has 6 heteroatoms. The minimum atomic E-state index is -0.443. The Hall–Kier alpha value is -2.11. The van der Waals surface area contributed by atoms with Crippen LogP contribution in [0.3, 0.4) is 0 Å². The second-order valence-electron chi connectivity index (χ2n) is 7.89. The summed E-state index contributed by atoms with van der Waals surface area (Å²) in [5.74, 6) is -0.149. The Balaban J connectivity index is 1.44. The van der Waals surface area contributed by atoms with Crippen LogP contribution in [0, 0.1) is 11.2 Å². The van der Waals surface area contributed by atoms with Gasteiger partial charge in [0.15, 0.2) is 0 Å². The normalized spacial score (nSPS) is 26.2. The molecule has 0 aliphatic carbocycles. The molecular weight excluding hydrogens is 333 g/mol. The van der Waals surface area contributed by atoms with Crippen LogP contribution in [0.4, 0.5) is 9.18 Å². The van der Waals surface area contributed by atoms with Crippen molar-refractivity contribution in [1.82, 2.24) is 14.7 Å². The Bertz CT molecular complexity index is 704. The summed E-state index contributed by atoms with van der Waals surface area (Å²) in [6, 6.07) is 6.53. The van der Waals surface area contributed by atoms with E-state index in [0.717, 1.165) is 57.3 Å². The van der Waals surface area contributed by atoms with Gasteiger partial charge in [0.05, 0.1) is 5.41 Å². The van der Waals surface area contributed by atoms with Gasteiger partial charge in [-0.25, -0.2) is 9.18 Å². The molecular formula is C20H26FN3O2. The molecule has 3 heterocycles. The third-order valence-corrected chi connectivity index (χ3v) is 6.09. The number of hydrogen-bond donors (Lipinski definition) is 0. The number of carbonyl (C=O) groups excluding carboxylic acids is 2. The van der Waals surface area contributed by atoms with Gasteiger partial charge >= 0.3 is 6.03 Å². The van der Waals surface area contributed by atoms with Gasteiger partial charge in [0.1, 0.15) is 5.82 Å². The van der Waals surface area contributed by atoms with E-state index in [4.69, 9.17) is 0 Å². The summed E-state index contributed by atoms with van der Waals surface area (Å²) in [5, 5.41) is 0. The minimum Gasteiger partial charge on any atom is -0.338 e. The highest BCUT2D eigenvalue weighted by Gasteiger charge is 2.49. The first-order valence-corrected chi connectivity index (χ1v) is 9.65. The Morgan fingerprint density at radius 1 is 1.04 bits per heavy atom. The molecule has 0 N–H and O–H groups in total. The first-order valence-electron chi connectivity index (χ1n) is 9.65. The van der Waals surface area contributed by atoms with Crippen LogP contribution in [0.15, 0.2) is 24.3 Å². The first kappa shape index (κ1) is 17.3. The van der Waals surface area contributed by atoms with Crippen molar-refractivity contribution in [2.75, 3.05) is 32.7 Å². The van der Waals surface area contributed by atoms with Crippen LogP contribution < -0.4 is 0 Å². The maximum absolute atomic E-state index is 13.4. The van der Waals surface area contributed by atoms with Crippen molar-refractivity contribution in [2.24, 2.45) is 5.41 Å². The Morgan fingerprint density at radius 3 is 2.58 bits per heavy atom. The molecule has 3 aliphatic heterocycles. The van der Waals surface area contributed by atoms with Crippen LogP contribution in [-0.4, -0.2) is 59.4 Å². The smallest absolute Gasteiger partial charge is 0.320 e. The maximum Gasteiger partial charge on any atom is 0.320 e. The highest BCUT2D eigenvalue weighted by atomic mass is 19.1. The highest BCUT2D eigenvalue weighted by molar-refractivity contribution is 5.86. The zero-order valence-corrected chi connectivity index (χ0v) is 15.1. The second-order valence-corrected chi connectivity index (χ2v) is 7.89. The average molecular weight is 359 g/mol. The molecule has 3 amide bonds. The Kier molecular flexibility index (Phi) is 4.59. The lowest BCUT2D eigenvalue weighted by Gasteiger charge is -2.40. The van der Waals surface area contributed by atoms with E-state index in [-0.39, 0.29) is 17.8 Å². The molecule has 0 aromatic heterocycles. The summed E-state index contributed by atoms with van der Waals surface area (Å²) in [4.78, 5) is 31.5. The van der Waals surface area contributed by atoms with Gasteiger partial charge in [-0.2, -0.15) is 0 Å². The predicted octanol–water partition coefficient (Wildman–Crippen LogP) is 2.86. The fourth-order valence-electron chi connectivity index (χ4n) is 4.68. The number of hydrogen-bond acceptors (Lipinski definition) is 2. The molecule has 0 unspecified atom stereocenters. The molecule has 0 bridgehead atoms. The summed E-state index contributed by atoms with van der Waals surface area (Å²) in [6.07, 6.45) is 4.65. The van der Waals surface area contributed by atoms with E-state index in [1.54, 1.807) is 6.07 Å². The summed E-state index contributed by atoms with van der Waals surface area (Å²) >= 11 is 0. The van der Waals surface area contributed by atoms with Crippen molar-refractivity contribution in [3.05, 3.63) is 35.6 Å². The number of rotatable bonds is 2. The maximum atomic E-state index is 13.4. The SMILES string of the molecule is O=C(N1CCCC1)N1CCC[C@]2(CCN(Cc3cccc(F)c3)C2=O)C1. The van der Waals surface area contributed by atoms with Gasteiger partial charge in [0.25, 0.3) is 0 Å². The van der Waals surface area contributed by atoms with Crippen LogP contribution >= 0.6 is 0 Å². The molecule has 0 radical (unpaired) electrons. The van der Waals surface area contributed by atoms with Crippen molar-refractivity contribution in [1.29, 1.82) is 0 Å². The second kappa shape index (κ2) is 6.89. The number of nitrogens with zero attached hydrogens (tertiary/aromatic N) is 3. The first-order chi connectivity index (χ1) is 12.6. The van der Waals surface area contributed by atoms with E-state index in [9.17, 15) is 14.0 Å². The lowest BCUT2D eigenvalue weighted by molar-refractivity contribution is -0.138.